The average Bonchev–Trinajstić information content (AvgIpc) is 2.87. The molecule has 2 aromatic rings. The van der Waals surface area contributed by atoms with Crippen molar-refractivity contribution in [2.75, 3.05) is 0 Å². The van der Waals surface area contributed by atoms with E-state index in [9.17, 15) is 5.11 Å². The van der Waals surface area contributed by atoms with Gasteiger partial charge in [0.25, 0.3) is 0 Å². The molecule has 108 valence electrons. The van der Waals surface area contributed by atoms with Crippen LogP contribution in [0.1, 0.15) is 49.9 Å². The summed E-state index contributed by atoms with van der Waals surface area (Å²) in [7, 11) is 0. The van der Waals surface area contributed by atoms with E-state index in [0.29, 0.717) is 6.42 Å². The van der Waals surface area contributed by atoms with Crippen LogP contribution >= 0.6 is 11.3 Å². The number of nitrogens with zero attached hydrogens (tertiary/aromatic N) is 1. The molecule has 0 bridgehead atoms. The maximum Gasteiger partial charge on any atom is 0.0954 e. The summed E-state index contributed by atoms with van der Waals surface area (Å²) < 4.78 is 0. The first kappa shape index (κ1) is 15.2. The molecule has 3 heteroatoms. The van der Waals surface area contributed by atoms with Gasteiger partial charge in [0.1, 0.15) is 0 Å². The third-order valence-electron chi connectivity index (χ3n) is 3.61. The van der Waals surface area contributed by atoms with E-state index in [4.69, 9.17) is 0 Å². The van der Waals surface area contributed by atoms with Crippen LogP contribution in [0.3, 0.4) is 0 Å². The maximum atomic E-state index is 10.4. The van der Waals surface area contributed by atoms with Gasteiger partial charge in [-0.05, 0) is 5.56 Å². The number of rotatable bonds is 4. The number of aliphatic hydroxyl groups is 1. The van der Waals surface area contributed by atoms with Gasteiger partial charge < -0.3 is 5.11 Å². The topological polar surface area (TPSA) is 33.1 Å². The van der Waals surface area contributed by atoms with Crippen molar-refractivity contribution in [2.45, 2.75) is 51.6 Å². The lowest BCUT2D eigenvalue weighted by Gasteiger charge is -2.18. The number of hydrogen-bond donors (Lipinski definition) is 1. The first-order valence-corrected chi connectivity index (χ1v) is 7.94. The standard InChI is InChI=1S/C17H23NOS/c1-12(13-8-6-5-7-9-13)14(19)10-16-18-15(11-20-16)17(2,3)4/h5-9,11-12,14,19H,10H2,1-4H3. The minimum absolute atomic E-state index is 0.0742. The Morgan fingerprint density at radius 1 is 1.20 bits per heavy atom. The fourth-order valence-electron chi connectivity index (χ4n) is 2.08. The van der Waals surface area contributed by atoms with Crippen molar-refractivity contribution in [3.05, 3.63) is 52.0 Å². The average molecular weight is 289 g/mol. The summed E-state index contributed by atoms with van der Waals surface area (Å²) in [5.41, 5.74) is 2.36. The highest BCUT2D eigenvalue weighted by atomic mass is 32.1. The second-order valence-electron chi connectivity index (χ2n) is 6.35. The molecule has 2 atom stereocenters. The molecule has 0 saturated carbocycles. The number of hydrogen-bond acceptors (Lipinski definition) is 3. The summed E-state index contributed by atoms with van der Waals surface area (Å²) in [6, 6.07) is 10.2. The van der Waals surface area contributed by atoms with Crippen LogP contribution in [0.2, 0.25) is 0 Å². The zero-order valence-electron chi connectivity index (χ0n) is 12.6. The summed E-state index contributed by atoms with van der Waals surface area (Å²) in [5, 5.41) is 13.5. The zero-order chi connectivity index (χ0) is 14.8. The molecule has 0 saturated heterocycles. The van der Waals surface area contributed by atoms with Gasteiger partial charge >= 0.3 is 0 Å². The van der Waals surface area contributed by atoms with Gasteiger partial charge in [0.05, 0.1) is 16.8 Å². The Balaban J connectivity index is 2.04. The molecular weight excluding hydrogens is 266 g/mol. The predicted octanol–water partition coefficient (Wildman–Crippen LogP) is 4.15. The van der Waals surface area contributed by atoms with Crippen molar-refractivity contribution >= 4 is 11.3 Å². The largest absolute Gasteiger partial charge is 0.392 e. The second kappa shape index (κ2) is 6.06. The third kappa shape index (κ3) is 3.68. The van der Waals surface area contributed by atoms with Gasteiger partial charge in [-0.25, -0.2) is 4.98 Å². The molecule has 0 aliphatic rings. The molecule has 2 unspecified atom stereocenters. The van der Waals surface area contributed by atoms with Crippen LogP contribution in [0.5, 0.6) is 0 Å². The number of benzene rings is 1. The highest BCUT2D eigenvalue weighted by Crippen LogP contribution is 2.27. The van der Waals surface area contributed by atoms with Crippen molar-refractivity contribution in [1.29, 1.82) is 0 Å². The molecule has 0 aliphatic heterocycles. The third-order valence-corrected chi connectivity index (χ3v) is 4.48. The van der Waals surface area contributed by atoms with Crippen LogP contribution in [0.15, 0.2) is 35.7 Å². The quantitative estimate of drug-likeness (QED) is 0.917. The zero-order valence-corrected chi connectivity index (χ0v) is 13.4. The van der Waals surface area contributed by atoms with Gasteiger partial charge in [0.2, 0.25) is 0 Å². The van der Waals surface area contributed by atoms with Crippen LogP contribution < -0.4 is 0 Å². The summed E-state index contributed by atoms with van der Waals surface area (Å²) >= 11 is 1.65. The molecule has 1 heterocycles. The van der Waals surface area contributed by atoms with Crippen molar-refractivity contribution in [3.63, 3.8) is 0 Å². The van der Waals surface area contributed by atoms with Gasteiger partial charge in [0.15, 0.2) is 0 Å². The summed E-state index contributed by atoms with van der Waals surface area (Å²) in [5.74, 6) is 0.123. The Morgan fingerprint density at radius 3 is 2.40 bits per heavy atom. The van der Waals surface area contributed by atoms with Crippen molar-refractivity contribution in [1.82, 2.24) is 4.98 Å². The number of aliphatic hydroxyl groups excluding tert-OH is 1. The van der Waals surface area contributed by atoms with E-state index in [1.807, 2.05) is 18.2 Å². The van der Waals surface area contributed by atoms with E-state index in [1.54, 1.807) is 11.3 Å². The molecule has 0 fully saturated rings. The lowest BCUT2D eigenvalue weighted by molar-refractivity contribution is 0.149. The fourth-order valence-corrected chi connectivity index (χ4v) is 3.16. The van der Waals surface area contributed by atoms with Gasteiger partial charge in [-0.1, -0.05) is 58.0 Å². The monoisotopic (exact) mass is 289 g/mol. The van der Waals surface area contributed by atoms with E-state index in [1.165, 1.54) is 5.56 Å². The van der Waals surface area contributed by atoms with E-state index in [0.717, 1.165) is 10.7 Å². The van der Waals surface area contributed by atoms with Crippen molar-refractivity contribution in [3.8, 4) is 0 Å². The molecule has 1 aromatic heterocycles. The Labute approximate surface area is 125 Å². The molecule has 0 spiro atoms. The minimum Gasteiger partial charge on any atom is -0.392 e. The predicted molar refractivity (Wildman–Crippen MR) is 85.4 cm³/mol. The Bertz CT molecular complexity index is 542. The lowest BCUT2D eigenvalue weighted by Crippen LogP contribution is -2.19. The lowest BCUT2D eigenvalue weighted by atomic mass is 9.93. The molecule has 1 aromatic carbocycles. The molecule has 1 N–H and O–H groups in total. The van der Waals surface area contributed by atoms with E-state index < -0.39 is 6.10 Å². The Morgan fingerprint density at radius 2 is 1.85 bits per heavy atom. The molecular formula is C17H23NOS. The molecule has 20 heavy (non-hydrogen) atoms. The van der Waals surface area contributed by atoms with Crippen LogP contribution in [-0.2, 0) is 11.8 Å². The first-order valence-electron chi connectivity index (χ1n) is 7.06. The highest BCUT2D eigenvalue weighted by Gasteiger charge is 2.21. The van der Waals surface area contributed by atoms with Crippen molar-refractivity contribution in [2.24, 2.45) is 0 Å². The Kier molecular flexibility index (Phi) is 4.61. The summed E-state index contributed by atoms with van der Waals surface area (Å²) in [6.07, 6.45) is 0.230. The van der Waals surface area contributed by atoms with Gasteiger partial charge in [-0.15, -0.1) is 11.3 Å². The second-order valence-corrected chi connectivity index (χ2v) is 7.29. The fraction of sp³-hybridized carbons (Fsp3) is 0.471. The van der Waals surface area contributed by atoms with Crippen LogP contribution in [0.25, 0.3) is 0 Å². The number of thiazole rings is 1. The van der Waals surface area contributed by atoms with Gasteiger partial charge in [0, 0.05) is 23.1 Å². The van der Waals surface area contributed by atoms with Crippen LogP contribution in [0.4, 0.5) is 0 Å². The normalized spacial score (nSPS) is 15.1. The SMILES string of the molecule is CC(c1ccccc1)C(O)Cc1nc(C(C)(C)C)cs1. The van der Waals surface area contributed by atoms with E-state index >= 15 is 0 Å². The smallest absolute Gasteiger partial charge is 0.0954 e. The molecule has 2 rings (SSSR count). The van der Waals surface area contributed by atoms with Gasteiger partial charge in [-0.3, -0.25) is 0 Å². The van der Waals surface area contributed by atoms with Crippen molar-refractivity contribution < 1.29 is 5.11 Å². The molecule has 2 nitrogen and oxygen atoms in total. The van der Waals surface area contributed by atoms with Gasteiger partial charge in [-0.2, -0.15) is 0 Å². The van der Waals surface area contributed by atoms with Crippen LogP contribution in [0, 0.1) is 0 Å². The van der Waals surface area contributed by atoms with Crippen LogP contribution in [-0.4, -0.2) is 16.2 Å². The maximum absolute atomic E-state index is 10.4. The first-order chi connectivity index (χ1) is 9.38. The number of aromatic nitrogens is 1. The molecule has 0 radical (unpaired) electrons. The van der Waals surface area contributed by atoms with E-state index in [-0.39, 0.29) is 11.3 Å². The summed E-state index contributed by atoms with van der Waals surface area (Å²) in [6.45, 7) is 8.55. The molecule has 0 amide bonds. The van der Waals surface area contributed by atoms with E-state index in [2.05, 4.69) is 50.2 Å². The summed E-state index contributed by atoms with van der Waals surface area (Å²) in [4.78, 5) is 4.66. The Hall–Kier alpha value is -1.19. The minimum atomic E-state index is -0.392. The molecule has 0 aliphatic carbocycles. The highest BCUT2D eigenvalue weighted by molar-refractivity contribution is 7.09.